The van der Waals surface area contributed by atoms with Crippen molar-refractivity contribution in [3.05, 3.63) is 53.1 Å². The molecule has 26 heavy (non-hydrogen) atoms. The van der Waals surface area contributed by atoms with Crippen LogP contribution in [0.4, 0.5) is 0 Å². The third-order valence-corrected chi connectivity index (χ3v) is 4.73. The summed E-state index contributed by atoms with van der Waals surface area (Å²) in [5.74, 6) is 2.63. The lowest BCUT2D eigenvalue weighted by Crippen LogP contribution is -2.07. The lowest BCUT2D eigenvalue weighted by atomic mass is 9.92. The summed E-state index contributed by atoms with van der Waals surface area (Å²) in [4.78, 5) is 12.2. The van der Waals surface area contributed by atoms with Gasteiger partial charge in [0.05, 0.1) is 6.61 Å². The number of hydrogen-bond donors (Lipinski definition) is 0. The third kappa shape index (κ3) is 2.63. The van der Waals surface area contributed by atoms with Gasteiger partial charge >= 0.3 is 5.97 Å². The molecule has 0 amide bonds. The highest BCUT2D eigenvalue weighted by molar-refractivity contribution is 5.96. The molecule has 1 saturated heterocycles. The molecule has 6 heteroatoms. The van der Waals surface area contributed by atoms with Crippen molar-refractivity contribution in [2.24, 2.45) is 5.92 Å². The van der Waals surface area contributed by atoms with Crippen LogP contribution in [0.3, 0.4) is 0 Å². The van der Waals surface area contributed by atoms with Gasteiger partial charge in [0, 0.05) is 11.5 Å². The van der Waals surface area contributed by atoms with Crippen molar-refractivity contribution in [3.8, 4) is 23.0 Å². The van der Waals surface area contributed by atoms with Gasteiger partial charge in [-0.3, -0.25) is 0 Å². The molecule has 132 valence electrons. The molecule has 3 aliphatic rings. The minimum atomic E-state index is -0.270. The quantitative estimate of drug-likeness (QED) is 0.625. The van der Waals surface area contributed by atoms with E-state index in [0.29, 0.717) is 24.4 Å². The number of cyclic esters (lactones) is 1. The van der Waals surface area contributed by atoms with Gasteiger partial charge in [-0.2, -0.15) is 0 Å². The van der Waals surface area contributed by atoms with Crippen molar-refractivity contribution in [3.63, 3.8) is 0 Å². The molecule has 6 nitrogen and oxygen atoms in total. The smallest absolute Gasteiger partial charge is 0.334 e. The fraction of sp³-hybridized carbons (Fsp3) is 0.250. The Labute approximate surface area is 149 Å². The second-order valence-corrected chi connectivity index (χ2v) is 6.40. The van der Waals surface area contributed by atoms with Crippen molar-refractivity contribution in [1.82, 2.24) is 0 Å². The lowest BCUT2D eigenvalue weighted by Gasteiger charge is -2.09. The van der Waals surface area contributed by atoms with Crippen LogP contribution in [0.5, 0.6) is 23.0 Å². The highest BCUT2D eigenvalue weighted by Gasteiger charge is 2.31. The van der Waals surface area contributed by atoms with Gasteiger partial charge in [0.15, 0.2) is 23.0 Å². The normalized spacial score (nSPS) is 21.3. The zero-order valence-electron chi connectivity index (χ0n) is 13.9. The first kappa shape index (κ1) is 15.1. The highest BCUT2D eigenvalue weighted by atomic mass is 16.7. The molecule has 0 saturated carbocycles. The average molecular weight is 352 g/mol. The molecule has 5 rings (SSSR count). The van der Waals surface area contributed by atoms with Crippen LogP contribution in [0.25, 0.3) is 6.08 Å². The van der Waals surface area contributed by atoms with E-state index in [4.69, 9.17) is 23.7 Å². The molecule has 0 aromatic heterocycles. The third-order valence-electron chi connectivity index (χ3n) is 4.73. The van der Waals surface area contributed by atoms with Crippen LogP contribution in [-0.4, -0.2) is 26.2 Å². The van der Waals surface area contributed by atoms with Crippen LogP contribution in [-0.2, 0) is 16.0 Å². The van der Waals surface area contributed by atoms with Gasteiger partial charge in [0.25, 0.3) is 0 Å². The van der Waals surface area contributed by atoms with Crippen molar-refractivity contribution < 1.29 is 28.5 Å². The number of ether oxygens (including phenoxy) is 5. The minimum absolute atomic E-state index is 0.00621. The van der Waals surface area contributed by atoms with E-state index in [1.54, 1.807) is 0 Å². The first-order valence-electron chi connectivity index (χ1n) is 8.43. The van der Waals surface area contributed by atoms with Crippen LogP contribution in [0.1, 0.15) is 11.1 Å². The zero-order valence-corrected chi connectivity index (χ0v) is 13.9. The van der Waals surface area contributed by atoms with Crippen LogP contribution in [0, 0.1) is 5.92 Å². The maximum absolute atomic E-state index is 12.2. The fourth-order valence-corrected chi connectivity index (χ4v) is 3.40. The maximum Gasteiger partial charge on any atom is 0.334 e. The molecule has 0 bridgehead atoms. The minimum Gasteiger partial charge on any atom is -0.462 e. The summed E-state index contributed by atoms with van der Waals surface area (Å²) in [5.41, 5.74) is 2.63. The van der Waals surface area contributed by atoms with E-state index < -0.39 is 0 Å². The van der Waals surface area contributed by atoms with Crippen molar-refractivity contribution in [2.45, 2.75) is 6.42 Å². The van der Waals surface area contributed by atoms with E-state index in [1.165, 1.54) is 0 Å². The van der Waals surface area contributed by atoms with E-state index in [-0.39, 0.29) is 25.5 Å². The van der Waals surface area contributed by atoms with E-state index in [0.717, 1.165) is 28.4 Å². The summed E-state index contributed by atoms with van der Waals surface area (Å²) in [6.07, 6.45) is 2.56. The number of carbonyl (C=O) groups is 1. The molecule has 1 atom stereocenters. The molecule has 0 N–H and O–H groups in total. The summed E-state index contributed by atoms with van der Waals surface area (Å²) in [6, 6.07) is 11.5. The Morgan fingerprint density at radius 3 is 2.35 bits per heavy atom. The van der Waals surface area contributed by atoms with Gasteiger partial charge in [0.1, 0.15) is 0 Å². The summed E-state index contributed by atoms with van der Waals surface area (Å²) >= 11 is 0. The van der Waals surface area contributed by atoms with E-state index in [9.17, 15) is 4.79 Å². The molecule has 0 radical (unpaired) electrons. The Morgan fingerprint density at radius 1 is 0.846 bits per heavy atom. The maximum atomic E-state index is 12.2. The van der Waals surface area contributed by atoms with E-state index in [2.05, 4.69) is 0 Å². The standard InChI is InChI=1S/C20H16O6/c21-20-15(6-13-2-4-17-19(8-13)26-11-24-17)14(9-22-20)5-12-1-3-16-18(7-12)25-10-23-16/h1-4,6-8,14H,5,9-11H2/b15-6-/t14-/m0/s1. The average Bonchev–Trinajstić information content (AvgIpc) is 3.37. The topological polar surface area (TPSA) is 63.2 Å². The predicted molar refractivity (Wildman–Crippen MR) is 91.3 cm³/mol. The molecule has 3 aliphatic heterocycles. The molecule has 2 aromatic rings. The molecular weight excluding hydrogens is 336 g/mol. The van der Waals surface area contributed by atoms with Crippen LogP contribution in [0.2, 0.25) is 0 Å². The largest absolute Gasteiger partial charge is 0.462 e. The van der Waals surface area contributed by atoms with Gasteiger partial charge in [-0.1, -0.05) is 12.1 Å². The number of carbonyl (C=O) groups excluding carboxylic acids is 1. The van der Waals surface area contributed by atoms with Crippen LogP contribution in [0.15, 0.2) is 42.0 Å². The number of rotatable bonds is 3. The number of benzene rings is 2. The van der Waals surface area contributed by atoms with Crippen molar-refractivity contribution in [1.29, 1.82) is 0 Å². The van der Waals surface area contributed by atoms with Crippen LogP contribution >= 0.6 is 0 Å². The molecule has 0 unspecified atom stereocenters. The Kier molecular flexibility index (Phi) is 3.48. The number of hydrogen-bond acceptors (Lipinski definition) is 6. The SMILES string of the molecule is O=C1OC[C@H](Cc2ccc3c(c2)OCO3)/C1=C/c1ccc2c(c1)OCO2. The Hall–Kier alpha value is -3.15. The van der Waals surface area contributed by atoms with Gasteiger partial charge in [-0.05, 0) is 47.9 Å². The van der Waals surface area contributed by atoms with Gasteiger partial charge < -0.3 is 23.7 Å². The van der Waals surface area contributed by atoms with Crippen molar-refractivity contribution in [2.75, 3.05) is 20.2 Å². The second kappa shape index (κ2) is 5.98. The first-order valence-corrected chi connectivity index (χ1v) is 8.43. The van der Waals surface area contributed by atoms with E-state index in [1.807, 2.05) is 42.5 Å². The van der Waals surface area contributed by atoms with Gasteiger partial charge in [0.2, 0.25) is 13.6 Å². The molecule has 0 aliphatic carbocycles. The van der Waals surface area contributed by atoms with E-state index >= 15 is 0 Å². The molecule has 0 spiro atoms. The summed E-state index contributed by atoms with van der Waals surface area (Å²) in [5, 5.41) is 0. The Balaban J connectivity index is 1.41. The highest BCUT2D eigenvalue weighted by Crippen LogP contribution is 2.36. The monoisotopic (exact) mass is 352 g/mol. The lowest BCUT2D eigenvalue weighted by molar-refractivity contribution is -0.135. The number of esters is 1. The molecule has 2 aromatic carbocycles. The Bertz CT molecular complexity index is 917. The van der Waals surface area contributed by atoms with Crippen LogP contribution < -0.4 is 18.9 Å². The summed E-state index contributed by atoms with van der Waals surface area (Å²) in [7, 11) is 0. The predicted octanol–water partition coefficient (Wildman–Crippen LogP) is 2.94. The summed E-state index contributed by atoms with van der Waals surface area (Å²) in [6.45, 7) is 0.854. The summed E-state index contributed by atoms with van der Waals surface area (Å²) < 4.78 is 26.8. The first-order chi connectivity index (χ1) is 12.8. The van der Waals surface area contributed by atoms with Gasteiger partial charge in [-0.25, -0.2) is 4.79 Å². The molecular formula is C20H16O6. The molecule has 1 fully saturated rings. The number of fused-ring (bicyclic) bond motifs is 2. The Morgan fingerprint density at radius 2 is 1.54 bits per heavy atom. The van der Waals surface area contributed by atoms with Crippen molar-refractivity contribution >= 4 is 12.0 Å². The molecule has 3 heterocycles. The van der Waals surface area contributed by atoms with Gasteiger partial charge in [-0.15, -0.1) is 0 Å². The zero-order chi connectivity index (χ0) is 17.5. The fourth-order valence-electron chi connectivity index (χ4n) is 3.40. The second-order valence-electron chi connectivity index (χ2n) is 6.40.